The van der Waals surface area contributed by atoms with Crippen LogP contribution in [0.15, 0.2) is 36.4 Å². The molecule has 0 aromatic heterocycles. The fourth-order valence-corrected chi connectivity index (χ4v) is 3.85. The molecule has 3 N–H and O–H groups in total. The van der Waals surface area contributed by atoms with Gasteiger partial charge in [0.1, 0.15) is 6.04 Å². The Morgan fingerprint density at radius 2 is 1.61 bits per heavy atom. The predicted octanol–water partition coefficient (Wildman–Crippen LogP) is 1.28. The Morgan fingerprint density at radius 1 is 1.00 bits per heavy atom. The molecule has 9 heteroatoms. The van der Waals surface area contributed by atoms with Crippen LogP contribution in [0.1, 0.15) is 38.7 Å². The van der Waals surface area contributed by atoms with E-state index in [0.29, 0.717) is 24.9 Å². The number of nitrogens with one attached hydrogen (secondary N) is 2. The molecule has 180 valence electrons. The molecule has 0 spiro atoms. The Kier molecular flexibility index (Phi) is 9.74. The Labute approximate surface area is 194 Å². The topological polar surface area (TPSA) is 119 Å². The molecule has 2 atom stereocenters. The zero-order valence-corrected chi connectivity index (χ0v) is 19.7. The van der Waals surface area contributed by atoms with Crippen molar-refractivity contribution in [3.8, 4) is 0 Å². The molecule has 0 bridgehead atoms. The van der Waals surface area contributed by atoms with Crippen molar-refractivity contribution in [2.75, 3.05) is 26.0 Å². The number of unbranched alkanes of at least 4 members (excludes halogenated alkanes) is 1. The first kappa shape index (κ1) is 26.2. The van der Waals surface area contributed by atoms with Gasteiger partial charge in [0.2, 0.25) is 11.8 Å². The van der Waals surface area contributed by atoms with Crippen molar-refractivity contribution in [2.24, 2.45) is 5.92 Å². The van der Waals surface area contributed by atoms with Crippen molar-refractivity contribution in [3.63, 3.8) is 0 Å². The fraction of sp³-hybridized carbons (Fsp3) is 0.500. The lowest BCUT2D eigenvalue weighted by atomic mass is 10.0. The summed E-state index contributed by atoms with van der Waals surface area (Å²) in [6, 6.07) is 5.63. The standard InChI is InChI=1S/C24H34N4O5/c1-16(2)22(27(3)4)24(33)26-19(7-5-6-14-28-20(30)12-13-21(28)31)23(32)25-18-10-8-17(15-29)9-11-18/h8-13,16,19,22,29H,5-7,14-15H2,1-4H3,(H,25,32)(H,26,33)/t19-,22-/m0/s1. The van der Waals surface area contributed by atoms with E-state index >= 15 is 0 Å². The lowest BCUT2D eigenvalue weighted by Gasteiger charge is -2.29. The molecule has 1 aliphatic heterocycles. The lowest BCUT2D eigenvalue weighted by Crippen LogP contribution is -2.52. The van der Waals surface area contributed by atoms with Crippen molar-refractivity contribution in [2.45, 2.75) is 51.8 Å². The van der Waals surface area contributed by atoms with Crippen LogP contribution < -0.4 is 10.6 Å². The van der Waals surface area contributed by atoms with Crippen LogP contribution in [-0.4, -0.2) is 71.3 Å². The molecule has 1 aromatic carbocycles. The monoisotopic (exact) mass is 458 g/mol. The lowest BCUT2D eigenvalue weighted by molar-refractivity contribution is -0.136. The van der Waals surface area contributed by atoms with Gasteiger partial charge >= 0.3 is 0 Å². The average molecular weight is 459 g/mol. The molecule has 2 rings (SSSR count). The highest BCUT2D eigenvalue weighted by Gasteiger charge is 2.29. The molecule has 0 fully saturated rings. The number of likely N-dealkylation sites (N-methyl/N-ethyl adjacent to an activating group) is 1. The molecule has 33 heavy (non-hydrogen) atoms. The first-order valence-corrected chi connectivity index (χ1v) is 11.1. The number of nitrogens with zero attached hydrogens (tertiary/aromatic N) is 2. The van der Waals surface area contributed by atoms with E-state index in [0.717, 1.165) is 10.5 Å². The highest BCUT2D eigenvalue weighted by molar-refractivity contribution is 6.12. The second-order valence-corrected chi connectivity index (χ2v) is 8.72. The van der Waals surface area contributed by atoms with Crippen LogP contribution in [0.25, 0.3) is 0 Å². The normalized spacial score (nSPS) is 15.3. The van der Waals surface area contributed by atoms with Gasteiger partial charge in [0.25, 0.3) is 11.8 Å². The molecule has 0 saturated heterocycles. The van der Waals surface area contributed by atoms with Gasteiger partial charge in [-0.2, -0.15) is 0 Å². The summed E-state index contributed by atoms with van der Waals surface area (Å²) in [7, 11) is 3.64. The van der Waals surface area contributed by atoms with Crippen molar-refractivity contribution < 1.29 is 24.3 Å². The summed E-state index contributed by atoms with van der Waals surface area (Å²) >= 11 is 0. The zero-order chi connectivity index (χ0) is 24.5. The van der Waals surface area contributed by atoms with Crippen LogP contribution in [0.4, 0.5) is 5.69 Å². The van der Waals surface area contributed by atoms with Crippen molar-refractivity contribution in [1.82, 2.24) is 15.1 Å². The van der Waals surface area contributed by atoms with Crippen LogP contribution in [0.5, 0.6) is 0 Å². The molecule has 4 amide bonds. The molecule has 1 aromatic rings. The Balaban J connectivity index is 2.03. The van der Waals surface area contributed by atoms with Gasteiger partial charge in [-0.25, -0.2) is 0 Å². The van der Waals surface area contributed by atoms with Crippen LogP contribution in [0, 0.1) is 5.92 Å². The maximum absolute atomic E-state index is 13.0. The maximum atomic E-state index is 13.0. The van der Waals surface area contributed by atoms with Gasteiger partial charge in [-0.05, 0) is 57.0 Å². The van der Waals surface area contributed by atoms with Crippen LogP contribution in [0.3, 0.4) is 0 Å². The fourth-order valence-electron chi connectivity index (χ4n) is 3.85. The van der Waals surface area contributed by atoms with Gasteiger partial charge in [-0.15, -0.1) is 0 Å². The SMILES string of the molecule is CC(C)[C@@H](C(=O)N[C@@H](CCCCN1C(=O)C=CC1=O)C(=O)Nc1ccc(CO)cc1)N(C)C. The number of benzene rings is 1. The number of hydrogen-bond donors (Lipinski definition) is 3. The number of aliphatic hydroxyl groups excluding tert-OH is 1. The van der Waals surface area contributed by atoms with E-state index in [4.69, 9.17) is 0 Å². The summed E-state index contributed by atoms with van der Waals surface area (Å²) in [4.78, 5) is 52.3. The first-order valence-electron chi connectivity index (χ1n) is 11.1. The summed E-state index contributed by atoms with van der Waals surface area (Å²) in [6.07, 6.45) is 3.90. The average Bonchev–Trinajstić information content (AvgIpc) is 3.07. The van der Waals surface area contributed by atoms with Gasteiger partial charge in [0.15, 0.2) is 0 Å². The van der Waals surface area contributed by atoms with E-state index < -0.39 is 12.1 Å². The summed E-state index contributed by atoms with van der Waals surface area (Å²) in [5.41, 5.74) is 1.29. The zero-order valence-electron chi connectivity index (χ0n) is 19.7. The van der Waals surface area contributed by atoms with E-state index in [1.165, 1.54) is 12.2 Å². The number of hydrogen-bond acceptors (Lipinski definition) is 6. The van der Waals surface area contributed by atoms with Gasteiger partial charge < -0.3 is 15.7 Å². The van der Waals surface area contributed by atoms with E-state index in [1.54, 1.807) is 24.3 Å². The first-order chi connectivity index (χ1) is 15.6. The minimum atomic E-state index is -0.778. The highest BCUT2D eigenvalue weighted by Crippen LogP contribution is 2.14. The van der Waals surface area contributed by atoms with E-state index in [2.05, 4.69) is 10.6 Å². The summed E-state index contributed by atoms with van der Waals surface area (Å²) < 4.78 is 0. The predicted molar refractivity (Wildman–Crippen MR) is 125 cm³/mol. The molecule has 0 saturated carbocycles. The Hall–Kier alpha value is -3.04. The maximum Gasteiger partial charge on any atom is 0.253 e. The molecule has 0 aliphatic carbocycles. The largest absolute Gasteiger partial charge is 0.392 e. The van der Waals surface area contributed by atoms with Crippen LogP contribution in [-0.2, 0) is 25.8 Å². The Morgan fingerprint density at radius 3 is 2.12 bits per heavy atom. The van der Waals surface area contributed by atoms with Crippen molar-refractivity contribution in [1.29, 1.82) is 0 Å². The minimum Gasteiger partial charge on any atom is -0.392 e. The second-order valence-electron chi connectivity index (χ2n) is 8.72. The molecule has 1 heterocycles. The van der Waals surface area contributed by atoms with Crippen molar-refractivity contribution in [3.05, 3.63) is 42.0 Å². The molecular weight excluding hydrogens is 424 g/mol. The summed E-state index contributed by atoms with van der Waals surface area (Å²) in [5.74, 6) is -1.20. The third kappa shape index (κ3) is 7.50. The minimum absolute atomic E-state index is 0.0504. The third-order valence-electron chi connectivity index (χ3n) is 5.52. The quantitative estimate of drug-likeness (QED) is 0.321. The van der Waals surface area contributed by atoms with Gasteiger partial charge in [0, 0.05) is 24.4 Å². The van der Waals surface area contributed by atoms with E-state index in [1.807, 2.05) is 32.8 Å². The van der Waals surface area contributed by atoms with E-state index in [-0.39, 0.29) is 42.7 Å². The molecule has 9 nitrogen and oxygen atoms in total. The van der Waals surface area contributed by atoms with Gasteiger partial charge in [-0.1, -0.05) is 26.0 Å². The second kappa shape index (κ2) is 12.3. The van der Waals surface area contributed by atoms with Crippen molar-refractivity contribution >= 4 is 29.3 Å². The number of aliphatic hydroxyl groups is 1. The molecular formula is C24H34N4O5. The Bertz CT molecular complexity index is 853. The molecule has 1 aliphatic rings. The van der Waals surface area contributed by atoms with E-state index in [9.17, 15) is 24.3 Å². The number of rotatable bonds is 12. The smallest absolute Gasteiger partial charge is 0.253 e. The molecule has 0 unspecified atom stereocenters. The number of imide groups is 1. The third-order valence-corrected chi connectivity index (χ3v) is 5.52. The summed E-state index contributed by atoms with van der Waals surface area (Å²) in [6.45, 7) is 4.06. The van der Waals surface area contributed by atoms with Gasteiger partial charge in [0.05, 0.1) is 12.6 Å². The van der Waals surface area contributed by atoms with Gasteiger partial charge in [-0.3, -0.25) is 29.0 Å². The molecule has 0 radical (unpaired) electrons. The number of amides is 4. The number of carbonyl (C=O) groups is 4. The number of carbonyl (C=O) groups excluding carboxylic acids is 4. The van der Waals surface area contributed by atoms with Crippen LogP contribution in [0.2, 0.25) is 0 Å². The highest BCUT2D eigenvalue weighted by atomic mass is 16.3. The van der Waals surface area contributed by atoms with Crippen LogP contribution >= 0.6 is 0 Å². The number of anilines is 1. The summed E-state index contributed by atoms with van der Waals surface area (Å²) in [5, 5.41) is 14.9.